The number of fused-ring (bicyclic) bond motifs is 2. The highest BCUT2D eigenvalue weighted by Gasteiger charge is 2.18. The molecule has 1 amide bonds. The van der Waals surface area contributed by atoms with E-state index in [1.807, 2.05) is 74.5 Å². The Labute approximate surface area is 285 Å². The first-order valence-electron chi connectivity index (χ1n) is 15.4. The van der Waals surface area contributed by atoms with Crippen molar-refractivity contribution in [2.45, 2.75) is 13.8 Å². The van der Waals surface area contributed by atoms with Gasteiger partial charge in [0.1, 0.15) is 17.1 Å². The Bertz CT molecular complexity index is 2430. The first-order chi connectivity index (χ1) is 23.8. The summed E-state index contributed by atoms with van der Waals surface area (Å²) in [6.07, 6.45) is 1.65. The number of carbonyl (C=O) groups excluding carboxylic acids is 1. The molecule has 11 heteroatoms. The lowest BCUT2D eigenvalue weighted by Gasteiger charge is -2.12. The molecule has 0 unspecified atom stereocenters. The minimum absolute atomic E-state index is 0.142. The van der Waals surface area contributed by atoms with Crippen molar-refractivity contribution in [1.29, 1.82) is 0 Å². The first-order valence-corrected chi connectivity index (χ1v) is 15.8. The SMILES string of the molecule is COc1cccc2oc(-c3nc4ccccc4c(=O)n3N=Cc3cc(C)n(-c4ccc(OCC(=O)Nc5ccc(Cl)cc5)cc4)c3C)cc12. The molecule has 0 saturated carbocycles. The second-order valence-electron chi connectivity index (χ2n) is 11.3. The summed E-state index contributed by atoms with van der Waals surface area (Å²) < 4.78 is 20.7. The minimum atomic E-state index is -0.324. The lowest BCUT2D eigenvalue weighted by molar-refractivity contribution is -0.118. The summed E-state index contributed by atoms with van der Waals surface area (Å²) in [5, 5.41) is 9.23. The van der Waals surface area contributed by atoms with E-state index in [9.17, 15) is 9.59 Å². The molecule has 0 saturated heterocycles. The van der Waals surface area contributed by atoms with Crippen molar-refractivity contribution < 1.29 is 18.7 Å². The Morgan fingerprint density at radius 2 is 1.73 bits per heavy atom. The monoisotopic (exact) mass is 671 g/mol. The highest BCUT2D eigenvalue weighted by Crippen LogP contribution is 2.33. The van der Waals surface area contributed by atoms with Crippen LogP contribution < -0.4 is 20.3 Å². The zero-order valence-corrected chi connectivity index (χ0v) is 27.6. The molecule has 7 rings (SSSR count). The standard InChI is InChI=1S/C38H30ClN5O5/c1-23-19-25(24(2)43(23)28-15-17-29(18-16-28)48-22-36(45)41-27-13-11-26(39)12-14-27)21-40-44-37(42-32-8-5-4-7-30(32)38(44)46)35-20-31-33(47-3)9-6-10-34(31)49-35/h4-21H,22H2,1-3H3,(H,41,45). The number of aromatic nitrogens is 3. The predicted octanol–water partition coefficient (Wildman–Crippen LogP) is 7.78. The number of furan rings is 1. The molecule has 1 N–H and O–H groups in total. The van der Waals surface area contributed by atoms with Gasteiger partial charge in [0.15, 0.2) is 12.4 Å². The van der Waals surface area contributed by atoms with Gasteiger partial charge in [0.2, 0.25) is 5.82 Å². The van der Waals surface area contributed by atoms with Gasteiger partial charge in [0.25, 0.3) is 11.5 Å². The molecule has 0 aliphatic heterocycles. The molecule has 49 heavy (non-hydrogen) atoms. The molecule has 0 radical (unpaired) electrons. The molecule has 0 aliphatic rings. The average Bonchev–Trinajstić information content (AvgIpc) is 3.68. The molecule has 3 aromatic heterocycles. The van der Waals surface area contributed by atoms with E-state index >= 15 is 0 Å². The van der Waals surface area contributed by atoms with Gasteiger partial charge in [-0.1, -0.05) is 29.8 Å². The van der Waals surface area contributed by atoms with E-state index in [4.69, 9.17) is 30.5 Å². The van der Waals surface area contributed by atoms with E-state index in [0.29, 0.717) is 44.5 Å². The van der Waals surface area contributed by atoms with Crippen LogP contribution in [0.2, 0.25) is 5.02 Å². The number of methoxy groups -OCH3 is 1. The number of halogens is 1. The van der Waals surface area contributed by atoms with Gasteiger partial charge in [-0.3, -0.25) is 9.59 Å². The van der Waals surface area contributed by atoms with Crippen molar-refractivity contribution in [3.63, 3.8) is 0 Å². The minimum Gasteiger partial charge on any atom is -0.496 e. The first kappa shape index (κ1) is 31.5. The summed E-state index contributed by atoms with van der Waals surface area (Å²) in [5.41, 5.74) is 5.04. The number of nitrogens with one attached hydrogen (secondary N) is 1. The van der Waals surface area contributed by atoms with Gasteiger partial charge < -0.3 is 23.8 Å². The third kappa shape index (κ3) is 6.29. The van der Waals surface area contributed by atoms with Crippen LogP contribution in [0.25, 0.3) is 39.1 Å². The number of carbonyl (C=O) groups is 1. The van der Waals surface area contributed by atoms with Crippen molar-refractivity contribution in [3.05, 3.63) is 135 Å². The Balaban J connectivity index is 1.16. The molecule has 3 heterocycles. The third-order valence-corrected chi connectivity index (χ3v) is 8.34. The second-order valence-corrected chi connectivity index (χ2v) is 11.7. The van der Waals surface area contributed by atoms with Crippen molar-refractivity contribution >= 4 is 51.3 Å². The Morgan fingerprint density at radius 3 is 2.51 bits per heavy atom. The molecular weight excluding hydrogens is 642 g/mol. The third-order valence-electron chi connectivity index (χ3n) is 8.09. The largest absolute Gasteiger partial charge is 0.496 e. The number of ether oxygens (including phenoxy) is 2. The van der Waals surface area contributed by atoms with E-state index in [1.54, 1.807) is 55.8 Å². The van der Waals surface area contributed by atoms with Crippen molar-refractivity contribution in [2.24, 2.45) is 5.10 Å². The van der Waals surface area contributed by atoms with Gasteiger partial charge in [-0.2, -0.15) is 9.78 Å². The zero-order chi connectivity index (χ0) is 34.1. The van der Waals surface area contributed by atoms with E-state index in [1.165, 1.54) is 4.68 Å². The van der Waals surface area contributed by atoms with Gasteiger partial charge in [-0.25, -0.2) is 4.98 Å². The number of aryl methyl sites for hydroxylation is 1. The molecule has 0 aliphatic carbocycles. The number of nitrogens with zero attached hydrogens (tertiary/aromatic N) is 4. The van der Waals surface area contributed by atoms with Crippen LogP contribution in [0.1, 0.15) is 17.0 Å². The van der Waals surface area contributed by atoms with Gasteiger partial charge in [-0.05, 0) is 98.8 Å². The molecular formula is C38H30ClN5O5. The van der Waals surface area contributed by atoms with Crippen LogP contribution in [0.3, 0.4) is 0 Å². The number of rotatable bonds is 9. The van der Waals surface area contributed by atoms with Crippen LogP contribution in [-0.4, -0.2) is 40.1 Å². The number of hydrogen-bond donors (Lipinski definition) is 1. The Morgan fingerprint density at radius 1 is 0.959 bits per heavy atom. The molecule has 4 aromatic carbocycles. The molecule has 0 bridgehead atoms. The topological polar surface area (TPSA) is 113 Å². The van der Waals surface area contributed by atoms with Crippen LogP contribution in [0.4, 0.5) is 5.69 Å². The normalized spacial score (nSPS) is 11.4. The van der Waals surface area contributed by atoms with Crippen molar-refractivity contribution in [3.8, 4) is 28.8 Å². The maximum atomic E-state index is 13.8. The van der Waals surface area contributed by atoms with E-state index in [-0.39, 0.29) is 23.9 Å². The maximum Gasteiger partial charge on any atom is 0.282 e. The molecule has 7 aromatic rings. The fourth-order valence-electron chi connectivity index (χ4n) is 5.72. The number of hydrogen-bond acceptors (Lipinski definition) is 7. The number of benzene rings is 4. The molecule has 0 atom stereocenters. The van der Waals surface area contributed by atoms with E-state index in [0.717, 1.165) is 28.0 Å². The number of anilines is 1. The summed E-state index contributed by atoms with van der Waals surface area (Å²) in [6.45, 7) is 3.83. The summed E-state index contributed by atoms with van der Waals surface area (Å²) in [7, 11) is 1.60. The van der Waals surface area contributed by atoms with Gasteiger partial charge in [0.05, 0.1) is 29.6 Å². The summed E-state index contributed by atoms with van der Waals surface area (Å²) in [4.78, 5) is 30.9. The van der Waals surface area contributed by atoms with Crippen LogP contribution in [-0.2, 0) is 4.79 Å². The number of para-hydroxylation sites is 1. The molecule has 0 fully saturated rings. The predicted molar refractivity (Wildman–Crippen MR) is 192 cm³/mol. The lowest BCUT2D eigenvalue weighted by atomic mass is 10.2. The fourth-order valence-corrected chi connectivity index (χ4v) is 5.84. The van der Waals surface area contributed by atoms with Crippen LogP contribution in [0.15, 0.2) is 117 Å². The Hall–Kier alpha value is -6.13. The lowest BCUT2D eigenvalue weighted by Crippen LogP contribution is -2.20. The fraction of sp³-hybridized carbons (Fsp3) is 0.105. The molecule has 10 nitrogen and oxygen atoms in total. The van der Waals surface area contributed by atoms with Crippen molar-refractivity contribution in [1.82, 2.24) is 14.2 Å². The Kier molecular flexibility index (Phi) is 8.46. The quantitative estimate of drug-likeness (QED) is 0.157. The second kappa shape index (κ2) is 13.2. The van der Waals surface area contributed by atoms with Gasteiger partial charge >= 0.3 is 0 Å². The average molecular weight is 672 g/mol. The summed E-state index contributed by atoms with van der Waals surface area (Å²) in [6, 6.07) is 30.8. The zero-order valence-electron chi connectivity index (χ0n) is 26.8. The van der Waals surface area contributed by atoms with Gasteiger partial charge in [0, 0.05) is 33.3 Å². The van der Waals surface area contributed by atoms with E-state index in [2.05, 4.69) is 15.0 Å². The maximum absolute atomic E-state index is 13.8. The number of amides is 1. The summed E-state index contributed by atoms with van der Waals surface area (Å²) >= 11 is 5.91. The molecule has 244 valence electrons. The highest BCUT2D eigenvalue weighted by atomic mass is 35.5. The van der Waals surface area contributed by atoms with E-state index < -0.39 is 0 Å². The molecule has 0 spiro atoms. The highest BCUT2D eigenvalue weighted by molar-refractivity contribution is 6.30. The van der Waals surface area contributed by atoms with Crippen LogP contribution in [0.5, 0.6) is 11.5 Å². The van der Waals surface area contributed by atoms with Crippen LogP contribution in [0, 0.1) is 13.8 Å². The van der Waals surface area contributed by atoms with Gasteiger partial charge in [-0.15, -0.1) is 0 Å². The smallest absolute Gasteiger partial charge is 0.282 e. The summed E-state index contributed by atoms with van der Waals surface area (Å²) in [5.74, 6) is 1.58. The van der Waals surface area contributed by atoms with Crippen molar-refractivity contribution in [2.75, 3.05) is 19.0 Å². The van der Waals surface area contributed by atoms with Crippen LogP contribution >= 0.6 is 11.6 Å².